The van der Waals surface area contributed by atoms with Crippen LogP contribution >= 0.6 is 23.8 Å². The topological polar surface area (TPSA) is 80.0 Å². The van der Waals surface area contributed by atoms with Crippen LogP contribution in [0.4, 0.5) is 5.69 Å². The van der Waals surface area contributed by atoms with Crippen molar-refractivity contribution in [2.24, 2.45) is 0 Å². The lowest BCUT2D eigenvalue weighted by molar-refractivity contribution is -0.119. The molecule has 4 aromatic rings. The Labute approximate surface area is 176 Å². The Morgan fingerprint density at radius 3 is 2.55 bits per heavy atom. The zero-order chi connectivity index (χ0) is 20.2. The number of aromatic nitrogens is 2. The van der Waals surface area contributed by atoms with Crippen LogP contribution in [-0.2, 0) is 11.2 Å². The highest BCUT2D eigenvalue weighted by Gasteiger charge is 2.10. The predicted octanol–water partition coefficient (Wildman–Crippen LogP) is 4.60. The quantitative estimate of drug-likeness (QED) is 0.468. The maximum atomic E-state index is 12.1. The molecule has 0 fully saturated rings. The molecule has 4 rings (SSSR count). The molecule has 0 aliphatic heterocycles. The number of anilines is 1. The zero-order valence-corrected chi connectivity index (χ0v) is 16.6. The normalized spacial score (nSPS) is 10.7. The van der Waals surface area contributed by atoms with Gasteiger partial charge in [-0.3, -0.25) is 4.79 Å². The second-order valence-corrected chi connectivity index (χ2v) is 7.07. The fourth-order valence-corrected chi connectivity index (χ4v) is 3.07. The van der Waals surface area contributed by atoms with Gasteiger partial charge >= 0.3 is 0 Å². The lowest BCUT2D eigenvalue weighted by atomic mass is 10.1. The molecule has 0 radical (unpaired) electrons. The molecule has 0 spiro atoms. The molecule has 0 aliphatic carbocycles. The van der Waals surface area contributed by atoms with E-state index in [2.05, 4.69) is 20.6 Å². The van der Waals surface area contributed by atoms with Crippen molar-refractivity contribution in [2.45, 2.75) is 6.42 Å². The van der Waals surface area contributed by atoms with E-state index < -0.39 is 0 Å². The van der Waals surface area contributed by atoms with E-state index >= 15 is 0 Å². The highest BCUT2D eigenvalue weighted by atomic mass is 35.5. The van der Waals surface area contributed by atoms with Gasteiger partial charge in [-0.05, 0) is 66.3 Å². The van der Waals surface area contributed by atoms with Crippen LogP contribution in [0.1, 0.15) is 5.56 Å². The summed E-state index contributed by atoms with van der Waals surface area (Å²) in [4.78, 5) is 20.7. The predicted molar refractivity (Wildman–Crippen MR) is 117 cm³/mol. The van der Waals surface area contributed by atoms with E-state index in [0.29, 0.717) is 22.1 Å². The molecule has 144 valence electrons. The number of rotatable bonds is 4. The second-order valence-electron chi connectivity index (χ2n) is 6.23. The van der Waals surface area contributed by atoms with Gasteiger partial charge in [-0.1, -0.05) is 23.7 Å². The van der Waals surface area contributed by atoms with Gasteiger partial charge in [0.15, 0.2) is 16.3 Å². The van der Waals surface area contributed by atoms with Gasteiger partial charge in [0.2, 0.25) is 11.8 Å². The third-order valence-electron chi connectivity index (χ3n) is 4.09. The Morgan fingerprint density at radius 2 is 1.83 bits per heavy atom. The molecule has 2 heterocycles. The van der Waals surface area contributed by atoms with Crippen LogP contribution in [0.3, 0.4) is 0 Å². The summed E-state index contributed by atoms with van der Waals surface area (Å²) >= 11 is 11.1. The first-order chi connectivity index (χ1) is 14.1. The largest absolute Gasteiger partial charge is 0.434 e. The van der Waals surface area contributed by atoms with E-state index in [1.54, 1.807) is 36.5 Å². The molecule has 1 amide bonds. The van der Waals surface area contributed by atoms with Gasteiger partial charge in [0.1, 0.15) is 0 Å². The number of hydrogen-bond acceptors (Lipinski definition) is 5. The Hall–Kier alpha value is -3.29. The summed E-state index contributed by atoms with van der Waals surface area (Å²) in [7, 11) is 0. The highest BCUT2D eigenvalue weighted by Crippen LogP contribution is 2.24. The third-order valence-corrected chi connectivity index (χ3v) is 4.54. The fourth-order valence-electron chi connectivity index (χ4n) is 2.71. The summed E-state index contributed by atoms with van der Waals surface area (Å²) in [5.74, 6) is 0.282. The van der Waals surface area contributed by atoms with Crippen molar-refractivity contribution in [1.82, 2.24) is 15.3 Å². The van der Waals surface area contributed by atoms with Gasteiger partial charge in [-0.25, -0.2) is 4.98 Å². The number of hydrogen-bond donors (Lipinski definition) is 2. The standard InChI is InChI=1S/C21H15ClN4O2S/c22-15-7-3-13(4-8-15)12-18(27)25-21(29)24-16-9-5-14(6-10-16)20-26-19-17(28-20)2-1-11-23-19/h1-11H,12H2,(H2,24,25,27,29). The number of thiocarbonyl (C=S) groups is 1. The molecular weight excluding hydrogens is 408 g/mol. The summed E-state index contributed by atoms with van der Waals surface area (Å²) in [6, 6.07) is 18.1. The van der Waals surface area contributed by atoms with Crippen molar-refractivity contribution in [1.29, 1.82) is 0 Å². The number of halogens is 1. The van der Waals surface area contributed by atoms with E-state index in [1.165, 1.54) is 0 Å². The molecule has 2 N–H and O–H groups in total. The van der Waals surface area contributed by atoms with E-state index in [-0.39, 0.29) is 17.4 Å². The summed E-state index contributed by atoms with van der Waals surface area (Å²) in [6.45, 7) is 0. The van der Waals surface area contributed by atoms with Crippen LogP contribution < -0.4 is 10.6 Å². The molecule has 0 saturated heterocycles. The van der Waals surface area contributed by atoms with Gasteiger partial charge in [0.25, 0.3) is 0 Å². The van der Waals surface area contributed by atoms with Gasteiger partial charge < -0.3 is 15.1 Å². The van der Waals surface area contributed by atoms with Crippen LogP contribution in [0.5, 0.6) is 0 Å². The van der Waals surface area contributed by atoms with Crippen molar-refractivity contribution in [3.05, 3.63) is 77.4 Å². The van der Waals surface area contributed by atoms with Gasteiger partial charge in [0.05, 0.1) is 6.42 Å². The molecule has 0 saturated carbocycles. The molecule has 29 heavy (non-hydrogen) atoms. The van der Waals surface area contributed by atoms with Crippen LogP contribution in [0, 0.1) is 0 Å². The molecule has 0 bridgehead atoms. The van der Waals surface area contributed by atoms with E-state index in [4.69, 9.17) is 28.2 Å². The summed E-state index contributed by atoms with van der Waals surface area (Å²) < 4.78 is 5.71. The van der Waals surface area contributed by atoms with Gasteiger partial charge in [0, 0.05) is 22.5 Å². The first-order valence-corrected chi connectivity index (χ1v) is 9.53. The lowest BCUT2D eigenvalue weighted by Crippen LogP contribution is -2.35. The average molecular weight is 423 g/mol. The molecule has 0 atom stereocenters. The van der Waals surface area contributed by atoms with Crippen molar-refractivity contribution >= 4 is 51.8 Å². The molecule has 8 heteroatoms. The summed E-state index contributed by atoms with van der Waals surface area (Å²) in [5.41, 5.74) is 3.60. The number of nitrogens with zero attached hydrogens (tertiary/aromatic N) is 2. The number of fused-ring (bicyclic) bond motifs is 1. The Balaban J connectivity index is 1.36. The number of oxazole rings is 1. The van der Waals surface area contributed by atoms with Crippen molar-refractivity contribution < 1.29 is 9.21 Å². The molecular formula is C21H15ClN4O2S. The second kappa shape index (κ2) is 8.38. The Morgan fingerprint density at radius 1 is 1.07 bits per heavy atom. The van der Waals surface area contributed by atoms with Gasteiger partial charge in [-0.15, -0.1) is 0 Å². The Kier molecular flexibility index (Phi) is 5.50. The van der Waals surface area contributed by atoms with Crippen LogP contribution in [0.2, 0.25) is 5.02 Å². The van der Waals surface area contributed by atoms with Crippen LogP contribution in [0.25, 0.3) is 22.7 Å². The maximum Gasteiger partial charge on any atom is 0.230 e. The van der Waals surface area contributed by atoms with Gasteiger partial charge in [-0.2, -0.15) is 4.98 Å². The number of carbonyl (C=O) groups is 1. The molecule has 0 unspecified atom stereocenters. The van der Waals surface area contributed by atoms with E-state index in [0.717, 1.165) is 16.8 Å². The number of carbonyl (C=O) groups excluding carboxylic acids is 1. The highest BCUT2D eigenvalue weighted by molar-refractivity contribution is 7.80. The van der Waals surface area contributed by atoms with Crippen LogP contribution in [-0.4, -0.2) is 21.0 Å². The molecule has 6 nitrogen and oxygen atoms in total. The SMILES string of the molecule is O=C(Cc1ccc(Cl)cc1)NC(=S)Nc1ccc(-c2nc3ncccc3o2)cc1. The molecule has 2 aromatic carbocycles. The van der Waals surface area contributed by atoms with Crippen LogP contribution in [0.15, 0.2) is 71.3 Å². The number of amides is 1. The first-order valence-electron chi connectivity index (χ1n) is 8.74. The molecule has 0 aliphatic rings. The average Bonchev–Trinajstić information content (AvgIpc) is 3.14. The fraction of sp³-hybridized carbons (Fsp3) is 0.0476. The summed E-state index contributed by atoms with van der Waals surface area (Å²) in [6.07, 6.45) is 1.88. The zero-order valence-electron chi connectivity index (χ0n) is 15.1. The monoisotopic (exact) mass is 422 g/mol. The Bertz CT molecular complexity index is 1140. The first kappa shape index (κ1) is 19.0. The number of pyridine rings is 1. The maximum absolute atomic E-state index is 12.1. The van der Waals surface area contributed by atoms with Crippen molar-refractivity contribution in [3.8, 4) is 11.5 Å². The number of benzene rings is 2. The minimum absolute atomic E-state index is 0.208. The molecule has 2 aromatic heterocycles. The minimum atomic E-state index is -0.208. The smallest absolute Gasteiger partial charge is 0.230 e. The van der Waals surface area contributed by atoms with E-state index in [9.17, 15) is 4.79 Å². The number of nitrogens with one attached hydrogen (secondary N) is 2. The third kappa shape index (κ3) is 4.77. The van der Waals surface area contributed by atoms with E-state index in [1.807, 2.05) is 30.3 Å². The summed E-state index contributed by atoms with van der Waals surface area (Å²) in [5, 5.41) is 6.51. The van der Waals surface area contributed by atoms with Crippen molar-refractivity contribution in [2.75, 3.05) is 5.32 Å². The van der Waals surface area contributed by atoms with Crippen molar-refractivity contribution in [3.63, 3.8) is 0 Å². The minimum Gasteiger partial charge on any atom is -0.434 e. The lowest BCUT2D eigenvalue weighted by Gasteiger charge is -2.10.